The van der Waals surface area contributed by atoms with Crippen molar-refractivity contribution in [1.29, 1.82) is 0 Å². The van der Waals surface area contributed by atoms with Gasteiger partial charge >= 0.3 is 0 Å². The van der Waals surface area contributed by atoms with E-state index in [-0.39, 0.29) is 17.9 Å². The normalized spacial score (nSPS) is 10.7. The predicted molar refractivity (Wildman–Crippen MR) is 49.2 cm³/mol. The standard InChI is InChI=1S/C9H8FNO3/c10-8-4-3-7(2-1-5-12)9(6-8)11(13)14/h1-4,6,12H,5H2. The molecular weight excluding hydrogens is 189 g/mol. The quantitative estimate of drug-likeness (QED) is 0.592. The Balaban J connectivity index is 3.15. The van der Waals surface area contributed by atoms with E-state index in [9.17, 15) is 14.5 Å². The maximum atomic E-state index is 12.7. The number of hydrogen-bond acceptors (Lipinski definition) is 3. The van der Waals surface area contributed by atoms with Crippen molar-refractivity contribution >= 4 is 11.8 Å². The smallest absolute Gasteiger partial charge is 0.279 e. The Morgan fingerprint density at radius 1 is 1.57 bits per heavy atom. The number of aliphatic hydroxyl groups excluding tert-OH is 1. The maximum absolute atomic E-state index is 12.7. The molecule has 0 amide bonds. The fraction of sp³-hybridized carbons (Fsp3) is 0.111. The Morgan fingerprint density at radius 3 is 2.86 bits per heavy atom. The molecule has 1 N–H and O–H groups in total. The Morgan fingerprint density at radius 2 is 2.29 bits per heavy atom. The van der Waals surface area contributed by atoms with Gasteiger partial charge in [-0.2, -0.15) is 0 Å². The van der Waals surface area contributed by atoms with Gasteiger partial charge in [0, 0.05) is 0 Å². The van der Waals surface area contributed by atoms with Gasteiger partial charge in [0.15, 0.2) is 0 Å². The zero-order valence-corrected chi connectivity index (χ0v) is 7.18. The van der Waals surface area contributed by atoms with Gasteiger partial charge < -0.3 is 5.11 Å². The first-order valence-corrected chi connectivity index (χ1v) is 3.86. The molecule has 0 radical (unpaired) electrons. The number of benzene rings is 1. The van der Waals surface area contributed by atoms with Crippen LogP contribution < -0.4 is 0 Å². The van der Waals surface area contributed by atoms with Crippen LogP contribution in [0.2, 0.25) is 0 Å². The third-order valence-electron chi connectivity index (χ3n) is 1.59. The second-order valence-corrected chi connectivity index (χ2v) is 2.55. The van der Waals surface area contributed by atoms with Gasteiger partial charge in [0.25, 0.3) is 5.69 Å². The lowest BCUT2D eigenvalue weighted by Gasteiger charge is -1.96. The number of nitrogens with zero attached hydrogens (tertiary/aromatic N) is 1. The number of rotatable bonds is 3. The summed E-state index contributed by atoms with van der Waals surface area (Å²) in [6.07, 6.45) is 2.72. The van der Waals surface area contributed by atoms with E-state index in [2.05, 4.69) is 0 Å². The molecule has 14 heavy (non-hydrogen) atoms. The molecule has 0 bridgehead atoms. The largest absolute Gasteiger partial charge is 0.392 e. The van der Waals surface area contributed by atoms with E-state index in [0.717, 1.165) is 12.1 Å². The molecule has 0 unspecified atom stereocenters. The molecule has 1 aromatic rings. The van der Waals surface area contributed by atoms with E-state index in [1.54, 1.807) is 0 Å². The second-order valence-electron chi connectivity index (χ2n) is 2.55. The van der Waals surface area contributed by atoms with Crippen LogP contribution in [-0.2, 0) is 0 Å². The van der Waals surface area contributed by atoms with Crippen LogP contribution in [0.25, 0.3) is 6.08 Å². The van der Waals surface area contributed by atoms with Crippen LogP contribution in [-0.4, -0.2) is 16.6 Å². The molecule has 0 fully saturated rings. The molecule has 1 rings (SSSR count). The first-order chi connectivity index (χ1) is 6.65. The van der Waals surface area contributed by atoms with Gasteiger partial charge in [-0.05, 0) is 18.2 Å². The lowest BCUT2D eigenvalue weighted by atomic mass is 10.1. The Hall–Kier alpha value is -1.75. The van der Waals surface area contributed by atoms with Crippen LogP contribution in [0.3, 0.4) is 0 Å². The summed E-state index contributed by atoms with van der Waals surface area (Å²) in [6.45, 7) is -0.214. The van der Waals surface area contributed by atoms with Crippen molar-refractivity contribution in [3.63, 3.8) is 0 Å². The summed E-state index contributed by atoms with van der Waals surface area (Å²) < 4.78 is 12.7. The zero-order chi connectivity index (χ0) is 10.6. The number of aliphatic hydroxyl groups is 1. The molecule has 0 saturated heterocycles. The highest BCUT2D eigenvalue weighted by molar-refractivity contribution is 5.60. The summed E-state index contributed by atoms with van der Waals surface area (Å²) in [5.74, 6) is -0.655. The van der Waals surface area contributed by atoms with Gasteiger partial charge in [-0.15, -0.1) is 0 Å². The van der Waals surface area contributed by atoms with E-state index < -0.39 is 10.7 Å². The molecule has 0 aromatic heterocycles. The number of hydrogen-bond donors (Lipinski definition) is 1. The average molecular weight is 197 g/mol. The van der Waals surface area contributed by atoms with Gasteiger partial charge in [0.1, 0.15) is 5.82 Å². The van der Waals surface area contributed by atoms with Crippen molar-refractivity contribution in [3.05, 3.63) is 45.8 Å². The minimum Gasteiger partial charge on any atom is -0.392 e. The van der Waals surface area contributed by atoms with Gasteiger partial charge in [0.2, 0.25) is 0 Å². The Bertz CT molecular complexity index is 376. The molecule has 0 aliphatic heterocycles. The summed E-state index contributed by atoms with van der Waals surface area (Å²) in [5.41, 5.74) is -0.0415. The first kappa shape index (κ1) is 10.3. The molecule has 5 heteroatoms. The first-order valence-electron chi connectivity index (χ1n) is 3.86. The fourth-order valence-electron chi connectivity index (χ4n) is 0.996. The van der Waals surface area contributed by atoms with Crippen molar-refractivity contribution in [2.75, 3.05) is 6.61 Å². The predicted octanol–water partition coefficient (Wildman–Crippen LogP) is 1.74. The highest BCUT2D eigenvalue weighted by atomic mass is 19.1. The second kappa shape index (κ2) is 4.48. The lowest BCUT2D eigenvalue weighted by Crippen LogP contribution is -1.92. The topological polar surface area (TPSA) is 63.4 Å². The zero-order valence-electron chi connectivity index (χ0n) is 7.18. The van der Waals surface area contributed by atoms with Gasteiger partial charge in [0.05, 0.1) is 23.2 Å². The Kier molecular flexibility index (Phi) is 3.30. The molecule has 0 saturated carbocycles. The molecule has 4 nitrogen and oxygen atoms in total. The SMILES string of the molecule is O=[N+]([O-])c1cc(F)ccc1C=CCO. The van der Waals surface area contributed by atoms with Crippen LogP contribution in [0.1, 0.15) is 5.56 Å². The summed E-state index contributed by atoms with van der Waals surface area (Å²) in [6, 6.07) is 3.26. The highest BCUT2D eigenvalue weighted by Gasteiger charge is 2.11. The monoisotopic (exact) mass is 197 g/mol. The number of nitro benzene ring substituents is 1. The van der Waals surface area contributed by atoms with Crippen LogP contribution in [0.4, 0.5) is 10.1 Å². The lowest BCUT2D eigenvalue weighted by molar-refractivity contribution is -0.385. The summed E-state index contributed by atoms with van der Waals surface area (Å²) in [7, 11) is 0. The van der Waals surface area contributed by atoms with Gasteiger partial charge in [-0.3, -0.25) is 10.1 Å². The van der Waals surface area contributed by atoms with Crippen molar-refractivity contribution in [2.24, 2.45) is 0 Å². The summed E-state index contributed by atoms with van der Waals surface area (Å²) in [5, 5.41) is 19.0. The van der Waals surface area contributed by atoms with Crippen molar-refractivity contribution in [3.8, 4) is 0 Å². The fourth-order valence-corrected chi connectivity index (χ4v) is 0.996. The van der Waals surface area contributed by atoms with E-state index in [0.29, 0.717) is 0 Å². The Labute approximate surface area is 79.4 Å². The molecule has 0 heterocycles. The van der Waals surface area contributed by atoms with E-state index >= 15 is 0 Å². The summed E-state index contributed by atoms with van der Waals surface area (Å²) >= 11 is 0. The number of halogens is 1. The number of nitro groups is 1. The van der Waals surface area contributed by atoms with Crippen molar-refractivity contribution in [1.82, 2.24) is 0 Å². The molecule has 74 valence electrons. The molecule has 1 aromatic carbocycles. The third-order valence-corrected chi connectivity index (χ3v) is 1.59. The summed E-state index contributed by atoms with van der Waals surface area (Å²) in [4.78, 5) is 9.81. The van der Waals surface area contributed by atoms with Crippen molar-refractivity contribution in [2.45, 2.75) is 0 Å². The molecule has 0 aliphatic rings. The van der Waals surface area contributed by atoms with Crippen LogP contribution >= 0.6 is 0 Å². The molecule has 0 aliphatic carbocycles. The van der Waals surface area contributed by atoms with Crippen LogP contribution in [0.5, 0.6) is 0 Å². The minimum absolute atomic E-state index is 0.214. The van der Waals surface area contributed by atoms with Crippen molar-refractivity contribution < 1.29 is 14.4 Å². The third kappa shape index (κ3) is 2.37. The molecular formula is C9H8FNO3. The average Bonchev–Trinajstić information content (AvgIpc) is 2.15. The van der Waals surface area contributed by atoms with E-state index in [4.69, 9.17) is 5.11 Å². The van der Waals surface area contributed by atoms with Crippen LogP contribution in [0.15, 0.2) is 24.3 Å². The van der Waals surface area contributed by atoms with E-state index in [1.165, 1.54) is 18.2 Å². The maximum Gasteiger partial charge on any atom is 0.279 e. The van der Waals surface area contributed by atoms with Gasteiger partial charge in [-0.1, -0.05) is 6.08 Å². The minimum atomic E-state index is -0.667. The highest BCUT2D eigenvalue weighted by Crippen LogP contribution is 2.20. The van der Waals surface area contributed by atoms with Crippen LogP contribution in [0, 0.1) is 15.9 Å². The molecule has 0 spiro atoms. The molecule has 0 atom stereocenters. The van der Waals surface area contributed by atoms with Gasteiger partial charge in [-0.25, -0.2) is 4.39 Å². The van der Waals surface area contributed by atoms with E-state index in [1.807, 2.05) is 0 Å².